The first kappa shape index (κ1) is 14.1. The maximum absolute atomic E-state index is 12.5. The molecule has 1 aliphatic heterocycles. The Bertz CT molecular complexity index is 397. The molecule has 0 aliphatic carbocycles. The summed E-state index contributed by atoms with van der Waals surface area (Å²) in [6, 6.07) is 2.87. The second-order valence-electron chi connectivity index (χ2n) is 4.69. The average Bonchev–Trinajstić information content (AvgIpc) is 2.40. The quantitative estimate of drug-likeness (QED) is 0.917. The van der Waals surface area contributed by atoms with Crippen molar-refractivity contribution in [3.05, 3.63) is 23.9 Å². The third-order valence-corrected chi connectivity index (χ3v) is 3.42. The molecule has 1 fully saturated rings. The Kier molecular flexibility index (Phi) is 4.29. The van der Waals surface area contributed by atoms with Crippen molar-refractivity contribution in [2.45, 2.75) is 32.0 Å². The lowest BCUT2D eigenvalue weighted by Crippen LogP contribution is -2.46. The summed E-state index contributed by atoms with van der Waals surface area (Å²) in [7, 11) is 0. The molecule has 0 saturated carbocycles. The van der Waals surface area contributed by atoms with E-state index in [-0.39, 0.29) is 0 Å². The number of halogens is 3. The summed E-state index contributed by atoms with van der Waals surface area (Å²) >= 11 is 0. The number of hydrogen-bond donors (Lipinski definition) is 1. The number of nitrogens with zero attached hydrogens (tertiary/aromatic N) is 2. The zero-order valence-electron chi connectivity index (χ0n) is 10.9. The van der Waals surface area contributed by atoms with Crippen molar-refractivity contribution in [1.29, 1.82) is 0 Å². The lowest BCUT2D eigenvalue weighted by atomic mass is 10.1. The van der Waals surface area contributed by atoms with Crippen LogP contribution in [0.25, 0.3) is 0 Å². The topological polar surface area (TPSA) is 28.2 Å². The number of rotatable bonds is 3. The summed E-state index contributed by atoms with van der Waals surface area (Å²) in [4.78, 5) is 6.03. The molecule has 1 aliphatic rings. The summed E-state index contributed by atoms with van der Waals surface area (Å²) in [5.74, 6) is 0.615. The molecule has 1 aromatic heterocycles. The van der Waals surface area contributed by atoms with Gasteiger partial charge in [0.2, 0.25) is 0 Å². The summed E-state index contributed by atoms with van der Waals surface area (Å²) in [5, 5.41) is 3.31. The van der Waals surface area contributed by atoms with E-state index < -0.39 is 11.7 Å². The van der Waals surface area contributed by atoms with Gasteiger partial charge in [-0.25, -0.2) is 4.98 Å². The number of likely N-dealkylation sites (N-methyl/N-ethyl adjacent to an activating group) is 1. The maximum atomic E-state index is 12.5. The highest BCUT2D eigenvalue weighted by Gasteiger charge is 2.31. The lowest BCUT2D eigenvalue weighted by molar-refractivity contribution is -0.137. The molecule has 1 N–H and O–H groups in total. The minimum Gasteiger partial charge on any atom is -0.353 e. The molecule has 0 bridgehead atoms. The molecule has 0 spiro atoms. The Hall–Kier alpha value is -1.30. The van der Waals surface area contributed by atoms with Crippen LogP contribution in [-0.4, -0.2) is 30.7 Å². The standard InChI is InChI=1S/C13H18F3N3/c1-2-19(11-4-3-7-17-9-11)12-6-5-10(8-18-12)13(14,15)16/h5-6,8,11,17H,2-4,7,9H2,1H3. The lowest BCUT2D eigenvalue weighted by Gasteiger charge is -2.34. The van der Waals surface area contributed by atoms with Gasteiger partial charge < -0.3 is 10.2 Å². The number of hydrogen-bond acceptors (Lipinski definition) is 3. The van der Waals surface area contributed by atoms with Crippen molar-refractivity contribution in [3.8, 4) is 0 Å². The Labute approximate surface area is 110 Å². The van der Waals surface area contributed by atoms with Crippen LogP contribution in [0, 0.1) is 0 Å². The highest BCUT2D eigenvalue weighted by atomic mass is 19.4. The normalized spacial score (nSPS) is 20.3. The molecule has 2 heterocycles. The van der Waals surface area contributed by atoms with E-state index in [1.54, 1.807) is 0 Å². The van der Waals surface area contributed by atoms with Crippen LogP contribution in [0.5, 0.6) is 0 Å². The van der Waals surface area contributed by atoms with Gasteiger partial charge >= 0.3 is 6.18 Å². The summed E-state index contributed by atoms with van der Waals surface area (Å²) in [6.45, 7) is 4.60. The fraction of sp³-hybridized carbons (Fsp3) is 0.615. The third-order valence-electron chi connectivity index (χ3n) is 3.42. The van der Waals surface area contributed by atoms with E-state index >= 15 is 0 Å². The highest BCUT2D eigenvalue weighted by Crippen LogP contribution is 2.29. The van der Waals surface area contributed by atoms with Crippen LogP contribution in [0.1, 0.15) is 25.3 Å². The van der Waals surface area contributed by atoms with Crippen LogP contribution in [0.4, 0.5) is 19.0 Å². The van der Waals surface area contributed by atoms with Gasteiger partial charge in [0.15, 0.2) is 0 Å². The van der Waals surface area contributed by atoms with Crippen molar-refractivity contribution in [3.63, 3.8) is 0 Å². The van der Waals surface area contributed by atoms with Gasteiger partial charge in [0, 0.05) is 25.3 Å². The van der Waals surface area contributed by atoms with E-state index in [1.807, 2.05) is 6.92 Å². The van der Waals surface area contributed by atoms with Crippen LogP contribution in [-0.2, 0) is 6.18 Å². The Morgan fingerprint density at radius 3 is 2.68 bits per heavy atom. The maximum Gasteiger partial charge on any atom is 0.417 e. The Morgan fingerprint density at radius 2 is 2.21 bits per heavy atom. The summed E-state index contributed by atoms with van der Waals surface area (Å²) in [6.07, 6.45) is -1.28. The van der Waals surface area contributed by atoms with E-state index in [1.165, 1.54) is 6.07 Å². The van der Waals surface area contributed by atoms with E-state index in [0.29, 0.717) is 11.9 Å². The van der Waals surface area contributed by atoms with Crippen LogP contribution in [0.3, 0.4) is 0 Å². The molecule has 0 aromatic carbocycles. The first-order valence-electron chi connectivity index (χ1n) is 6.53. The number of piperidine rings is 1. The van der Waals surface area contributed by atoms with Crippen molar-refractivity contribution in [2.24, 2.45) is 0 Å². The van der Waals surface area contributed by atoms with Crippen LogP contribution >= 0.6 is 0 Å². The van der Waals surface area contributed by atoms with E-state index in [4.69, 9.17) is 0 Å². The molecule has 1 saturated heterocycles. The Balaban J connectivity index is 2.14. The van der Waals surface area contributed by atoms with Crippen molar-refractivity contribution >= 4 is 5.82 Å². The predicted molar refractivity (Wildman–Crippen MR) is 68.2 cm³/mol. The molecule has 2 rings (SSSR count). The zero-order chi connectivity index (χ0) is 13.9. The van der Waals surface area contributed by atoms with E-state index in [9.17, 15) is 13.2 Å². The SMILES string of the molecule is CCN(c1ccc(C(F)(F)F)cn1)C1CCCNC1. The summed E-state index contributed by atoms with van der Waals surface area (Å²) < 4.78 is 37.5. The summed E-state index contributed by atoms with van der Waals surface area (Å²) in [5.41, 5.74) is -0.700. The molecule has 106 valence electrons. The first-order valence-corrected chi connectivity index (χ1v) is 6.53. The van der Waals surface area contributed by atoms with Crippen molar-refractivity contribution < 1.29 is 13.2 Å². The van der Waals surface area contributed by atoms with Crippen molar-refractivity contribution in [1.82, 2.24) is 10.3 Å². The number of anilines is 1. The zero-order valence-corrected chi connectivity index (χ0v) is 10.9. The second kappa shape index (κ2) is 5.77. The smallest absolute Gasteiger partial charge is 0.353 e. The first-order chi connectivity index (χ1) is 9.02. The molecule has 3 nitrogen and oxygen atoms in total. The van der Waals surface area contributed by atoms with Gasteiger partial charge in [-0.15, -0.1) is 0 Å². The number of pyridine rings is 1. The molecule has 1 aromatic rings. The van der Waals surface area contributed by atoms with Gasteiger partial charge in [-0.2, -0.15) is 13.2 Å². The number of alkyl halides is 3. The van der Waals surface area contributed by atoms with Gasteiger partial charge in [0.25, 0.3) is 0 Å². The molecule has 6 heteroatoms. The van der Waals surface area contributed by atoms with Gasteiger partial charge in [0.1, 0.15) is 5.82 Å². The van der Waals surface area contributed by atoms with Crippen LogP contribution < -0.4 is 10.2 Å². The largest absolute Gasteiger partial charge is 0.417 e. The van der Waals surface area contributed by atoms with Gasteiger partial charge in [-0.05, 0) is 38.4 Å². The molecule has 0 radical (unpaired) electrons. The third kappa shape index (κ3) is 3.37. The fourth-order valence-corrected chi connectivity index (χ4v) is 2.43. The monoisotopic (exact) mass is 273 g/mol. The van der Waals surface area contributed by atoms with Gasteiger partial charge in [-0.3, -0.25) is 0 Å². The predicted octanol–water partition coefficient (Wildman–Crippen LogP) is 2.68. The van der Waals surface area contributed by atoms with E-state index in [0.717, 1.165) is 44.7 Å². The second-order valence-corrected chi connectivity index (χ2v) is 4.69. The fourth-order valence-electron chi connectivity index (χ4n) is 2.43. The minimum atomic E-state index is -4.32. The van der Waals surface area contributed by atoms with Gasteiger partial charge in [-0.1, -0.05) is 0 Å². The van der Waals surface area contributed by atoms with Crippen LogP contribution in [0.15, 0.2) is 18.3 Å². The molecule has 1 unspecified atom stereocenters. The van der Waals surface area contributed by atoms with Gasteiger partial charge in [0.05, 0.1) is 5.56 Å². The van der Waals surface area contributed by atoms with E-state index in [2.05, 4.69) is 15.2 Å². The molecule has 1 atom stereocenters. The molecular formula is C13H18F3N3. The van der Waals surface area contributed by atoms with Crippen molar-refractivity contribution in [2.75, 3.05) is 24.5 Å². The highest BCUT2D eigenvalue weighted by molar-refractivity contribution is 5.41. The average molecular weight is 273 g/mol. The molecule has 19 heavy (non-hydrogen) atoms. The molecular weight excluding hydrogens is 255 g/mol. The number of aromatic nitrogens is 1. The Morgan fingerprint density at radius 1 is 1.42 bits per heavy atom. The number of nitrogens with one attached hydrogen (secondary N) is 1. The molecule has 0 amide bonds. The minimum absolute atomic E-state index is 0.308. The van der Waals surface area contributed by atoms with Crippen LogP contribution in [0.2, 0.25) is 0 Å².